The summed E-state index contributed by atoms with van der Waals surface area (Å²) < 4.78 is 9.59. The van der Waals surface area contributed by atoms with Crippen molar-refractivity contribution in [3.8, 4) is 0 Å². The highest BCUT2D eigenvalue weighted by molar-refractivity contribution is 5.55. The van der Waals surface area contributed by atoms with E-state index in [1.807, 2.05) is 0 Å². The Morgan fingerprint density at radius 3 is 2.31 bits per heavy atom. The van der Waals surface area contributed by atoms with Gasteiger partial charge in [-0.1, -0.05) is 6.92 Å². The van der Waals surface area contributed by atoms with E-state index in [2.05, 4.69) is 4.74 Å². The highest BCUT2D eigenvalue weighted by Crippen LogP contribution is 2.06. The zero-order chi connectivity index (χ0) is 10.3. The molecule has 0 aliphatic carbocycles. The van der Waals surface area contributed by atoms with Crippen molar-refractivity contribution in [3.05, 3.63) is 0 Å². The second kappa shape index (κ2) is 6.71. The van der Waals surface area contributed by atoms with Gasteiger partial charge in [0.15, 0.2) is 6.29 Å². The third kappa shape index (κ3) is 4.12. The summed E-state index contributed by atoms with van der Waals surface area (Å²) >= 11 is 0. The topological polar surface area (TPSA) is 72.8 Å². The molecule has 0 heterocycles. The van der Waals surface area contributed by atoms with E-state index in [0.717, 1.165) is 0 Å². The van der Waals surface area contributed by atoms with Gasteiger partial charge in [-0.15, -0.1) is 0 Å². The summed E-state index contributed by atoms with van der Waals surface area (Å²) in [7, 11) is 1.30. The number of ether oxygens (including phenoxy) is 2. The van der Waals surface area contributed by atoms with Gasteiger partial charge in [0.05, 0.1) is 12.7 Å². The number of carbonyl (C=O) groups excluding carboxylic acids is 2. The minimum atomic E-state index is -1.03. The van der Waals surface area contributed by atoms with Crippen LogP contribution in [0.1, 0.15) is 6.92 Å². The average molecular weight is 190 g/mol. The molecular formula is C8H14O5. The number of hydrogen-bond donors (Lipinski definition) is 1. The van der Waals surface area contributed by atoms with Crippen molar-refractivity contribution in [3.63, 3.8) is 0 Å². The summed E-state index contributed by atoms with van der Waals surface area (Å²) in [6, 6.07) is 0. The second-order valence-corrected chi connectivity index (χ2v) is 2.59. The Kier molecular flexibility index (Phi) is 6.30. The van der Waals surface area contributed by atoms with Gasteiger partial charge in [0.25, 0.3) is 0 Å². The Morgan fingerprint density at radius 2 is 2.00 bits per heavy atom. The van der Waals surface area contributed by atoms with Crippen molar-refractivity contribution in [1.29, 1.82) is 0 Å². The first-order chi connectivity index (χ1) is 6.19. The van der Waals surface area contributed by atoms with Gasteiger partial charge < -0.3 is 19.4 Å². The van der Waals surface area contributed by atoms with E-state index in [1.165, 1.54) is 7.11 Å². The Balaban J connectivity index is 4.09. The summed E-state index contributed by atoms with van der Waals surface area (Å²) in [5, 5.41) is 8.81. The molecule has 0 radical (unpaired) electrons. The molecule has 1 N–H and O–H groups in total. The van der Waals surface area contributed by atoms with Crippen LogP contribution in [0.25, 0.3) is 0 Å². The molecular weight excluding hydrogens is 176 g/mol. The Hall–Kier alpha value is -0.780. The van der Waals surface area contributed by atoms with Crippen LogP contribution < -0.4 is 0 Å². The molecule has 5 heteroatoms. The largest absolute Gasteiger partial charge is 0.394 e. The van der Waals surface area contributed by atoms with Crippen LogP contribution in [0.4, 0.5) is 0 Å². The maximum atomic E-state index is 10.3. The molecule has 0 fully saturated rings. The van der Waals surface area contributed by atoms with Crippen molar-refractivity contribution in [2.24, 2.45) is 5.92 Å². The number of hydrogen-bond acceptors (Lipinski definition) is 5. The van der Waals surface area contributed by atoms with Crippen LogP contribution in [0.5, 0.6) is 0 Å². The quantitative estimate of drug-likeness (QED) is 0.427. The van der Waals surface area contributed by atoms with Gasteiger partial charge in [-0.05, 0) is 0 Å². The molecule has 0 amide bonds. The predicted molar refractivity (Wildman–Crippen MR) is 44.0 cm³/mol. The van der Waals surface area contributed by atoms with Crippen LogP contribution in [0.3, 0.4) is 0 Å². The van der Waals surface area contributed by atoms with E-state index in [4.69, 9.17) is 9.84 Å². The highest BCUT2D eigenvalue weighted by atomic mass is 16.7. The van der Waals surface area contributed by atoms with Gasteiger partial charge >= 0.3 is 0 Å². The number of aldehydes is 2. The van der Waals surface area contributed by atoms with Crippen molar-refractivity contribution in [2.45, 2.75) is 19.3 Å². The van der Waals surface area contributed by atoms with E-state index >= 15 is 0 Å². The van der Waals surface area contributed by atoms with E-state index in [1.54, 1.807) is 6.92 Å². The Bertz CT molecular complexity index is 159. The van der Waals surface area contributed by atoms with Gasteiger partial charge in [0, 0.05) is 13.0 Å². The summed E-state index contributed by atoms with van der Waals surface area (Å²) in [6.45, 7) is 1.26. The molecule has 0 aliphatic heterocycles. The molecule has 0 aliphatic rings. The second-order valence-electron chi connectivity index (χ2n) is 2.59. The van der Waals surface area contributed by atoms with Crippen LogP contribution in [0.2, 0.25) is 0 Å². The van der Waals surface area contributed by atoms with Crippen LogP contribution in [-0.4, -0.2) is 43.8 Å². The number of carbonyl (C=O) groups is 2. The molecule has 3 atom stereocenters. The van der Waals surface area contributed by atoms with Gasteiger partial charge in [-0.2, -0.15) is 0 Å². The first kappa shape index (κ1) is 12.2. The monoisotopic (exact) mass is 190 g/mol. The van der Waals surface area contributed by atoms with Gasteiger partial charge in [0.2, 0.25) is 6.29 Å². The molecule has 76 valence electrons. The lowest BCUT2D eigenvalue weighted by Gasteiger charge is -2.20. The first-order valence-corrected chi connectivity index (χ1v) is 3.89. The van der Waals surface area contributed by atoms with Crippen LogP contribution in [0.15, 0.2) is 0 Å². The smallest absolute Gasteiger partial charge is 0.214 e. The zero-order valence-electron chi connectivity index (χ0n) is 7.67. The minimum Gasteiger partial charge on any atom is -0.394 e. The number of aliphatic hydroxyl groups is 1. The summed E-state index contributed by atoms with van der Waals surface area (Å²) in [4.78, 5) is 20.6. The predicted octanol–water partition coefficient (Wildman–Crippen LogP) is -0.630. The number of methoxy groups -OCH3 is 1. The Labute approximate surface area is 76.6 Å². The van der Waals surface area contributed by atoms with Crippen molar-refractivity contribution < 1.29 is 24.2 Å². The molecule has 0 aromatic heterocycles. The highest BCUT2D eigenvalue weighted by Gasteiger charge is 2.20. The molecule has 0 aromatic carbocycles. The molecule has 0 spiro atoms. The third-order valence-electron chi connectivity index (χ3n) is 1.63. The van der Waals surface area contributed by atoms with E-state index < -0.39 is 18.3 Å². The van der Waals surface area contributed by atoms with Gasteiger partial charge in [-0.3, -0.25) is 4.79 Å². The molecule has 5 nitrogen and oxygen atoms in total. The lowest BCUT2D eigenvalue weighted by atomic mass is 10.1. The van der Waals surface area contributed by atoms with Crippen molar-refractivity contribution >= 4 is 12.6 Å². The fourth-order valence-electron chi connectivity index (χ4n) is 0.736. The van der Waals surface area contributed by atoms with Gasteiger partial charge in [-0.25, -0.2) is 0 Å². The van der Waals surface area contributed by atoms with Crippen molar-refractivity contribution in [1.82, 2.24) is 0 Å². The molecule has 0 aromatic rings. The molecule has 1 unspecified atom stereocenters. The molecule has 0 bridgehead atoms. The summed E-state index contributed by atoms with van der Waals surface area (Å²) in [5.41, 5.74) is 0. The molecule has 0 rings (SSSR count). The van der Waals surface area contributed by atoms with E-state index in [0.29, 0.717) is 12.6 Å². The molecule has 0 saturated heterocycles. The van der Waals surface area contributed by atoms with E-state index in [9.17, 15) is 9.59 Å². The number of rotatable bonds is 7. The summed E-state index contributed by atoms with van der Waals surface area (Å²) in [5.74, 6) is -0.470. The van der Waals surface area contributed by atoms with Crippen LogP contribution in [-0.2, 0) is 19.1 Å². The van der Waals surface area contributed by atoms with Gasteiger partial charge in [0.1, 0.15) is 6.29 Å². The molecule has 0 saturated carbocycles. The van der Waals surface area contributed by atoms with Crippen LogP contribution in [0, 0.1) is 5.92 Å². The first-order valence-electron chi connectivity index (χ1n) is 3.89. The maximum absolute atomic E-state index is 10.3. The lowest BCUT2D eigenvalue weighted by Crippen LogP contribution is -2.33. The van der Waals surface area contributed by atoms with Crippen LogP contribution >= 0.6 is 0 Å². The Morgan fingerprint density at radius 1 is 1.38 bits per heavy atom. The lowest BCUT2D eigenvalue weighted by molar-refractivity contribution is -0.176. The zero-order valence-corrected chi connectivity index (χ0v) is 7.67. The average Bonchev–Trinajstić information content (AvgIpc) is 2.19. The standard InChI is InChI=1S/C8H14O5/c1-6(3-9)7(4-10)13-8(5-11)12-2/h3,5-8,10H,4H2,1-2H3/t6-,7?,8+/m0/s1. The fourth-order valence-corrected chi connectivity index (χ4v) is 0.736. The maximum Gasteiger partial charge on any atom is 0.214 e. The third-order valence-corrected chi connectivity index (χ3v) is 1.63. The SMILES string of the molecule is CO[C@@H](C=O)OC(CO)[C@@H](C)C=O. The molecule has 13 heavy (non-hydrogen) atoms. The fraction of sp³-hybridized carbons (Fsp3) is 0.750. The normalized spacial score (nSPS) is 17.5. The van der Waals surface area contributed by atoms with Crippen molar-refractivity contribution in [2.75, 3.05) is 13.7 Å². The van der Waals surface area contributed by atoms with E-state index in [-0.39, 0.29) is 6.61 Å². The summed E-state index contributed by atoms with van der Waals surface area (Å²) in [6.07, 6.45) is -0.620. The minimum absolute atomic E-state index is 0.326. The number of aliphatic hydroxyl groups excluding tert-OH is 1.